The third kappa shape index (κ3) is 5.15. The van der Waals surface area contributed by atoms with Crippen LogP contribution < -0.4 is 10.6 Å². The number of hydrogen-bond acceptors (Lipinski definition) is 3. The number of imidazole rings is 1. The molecule has 156 valence electrons. The normalized spacial score (nSPS) is 11.3. The van der Waals surface area contributed by atoms with E-state index in [-0.39, 0.29) is 29.8 Å². The Labute approximate surface area is 190 Å². The lowest BCUT2D eigenvalue weighted by molar-refractivity contribution is 0.629. The Balaban J connectivity index is 0.00000256. The van der Waals surface area contributed by atoms with Crippen LogP contribution in [0.3, 0.4) is 0 Å². The fourth-order valence-electron chi connectivity index (χ4n) is 3.19. The average Bonchev–Trinajstić information content (AvgIpc) is 3.41. The van der Waals surface area contributed by atoms with Crippen LogP contribution in [0.25, 0.3) is 16.7 Å². The summed E-state index contributed by atoms with van der Waals surface area (Å²) in [5, 5.41) is 7.52. The zero-order valence-electron chi connectivity index (χ0n) is 16.5. The minimum atomic E-state index is -0.226. The molecule has 0 aliphatic heterocycles. The zero-order chi connectivity index (χ0) is 20.1. The molecule has 1 aromatic carbocycles. The number of aromatic nitrogens is 4. The van der Waals surface area contributed by atoms with Gasteiger partial charge in [0, 0.05) is 55.8 Å². The minimum absolute atomic E-state index is 0. The highest BCUT2D eigenvalue weighted by atomic mass is 127. The number of H-pyrrole nitrogens is 1. The number of hydrogen-bond donors (Lipinski definition) is 3. The molecule has 7 nitrogen and oxygen atoms in total. The van der Waals surface area contributed by atoms with Crippen molar-refractivity contribution < 1.29 is 4.39 Å². The van der Waals surface area contributed by atoms with Gasteiger partial charge in [-0.25, -0.2) is 14.4 Å². The number of halogens is 2. The Bertz CT molecular complexity index is 1120. The van der Waals surface area contributed by atoms with Crippen LogP contribution in [-0.2, 0) is 13.0 Å². The van der Waals surface area contributed by atoms with E-state index < -0.39 is 0 Å². The van der Waals surface area contributed by atoms with Gasteiger partial charge in [-0.15, -0.1) is 24.0 Å². The number of pyridine rings is 1. The molecule has 0 fully saturated rings. The maximum atomic E-state index is 13.5. The van der Waals surface area contributed by atoms with Crippen LogP contribution in [0.4, 0.5) is 4.39 Å². The molecule has 0 saturated heterocycles. The quantitative estimate of drug-likeness (QED) is 0.207. The smallest absolute Gasteiger partial charge is 0.191 e. The van der Waals surface area contributed by atoms with Gasteiger partial charge in [-0.3, -0.25) is 9.56 Å². The van der Waals surface area contributed by atoms with E-state index in [4.69, 9.17) is 0 Å². The number of nitrogens with zero attached hydrogens (tertiary/aromatic N) is 4. The monoisotopic (exact) mass is 519 g/mol. The molecule has 0 bridgehead atoms. The lowest BCUT2D eigenvalue weighted by atomic mass is 10.1. The number of nitrogens with one attached hydrogen (secondary N) is 3. The van der Waals surface area contributed by atoms with Gasteiger partial charge in [0.05, 0.1) is 0 Å². The van der Waals surface area contributed by atoms with Crippen LogP contribution in [0.1, 0.15) is 11.1 Å². The summed E-state index contributed by atoms with van der Waals surface area (Å²) < 4.78 is 15.4. The van der Waals surface area contributed by atoms with E-state index in [0.29, 0.717) is 19.0 Å². The van der Waals surface area contributed by atoms with E-state index in [9.17, 15) is 4.39 Å². The van der Waals surface area contributed by atoms with Gasteiger partial charge in [-0.1, -0.05) is 0 Å². The average molecular weight is 519 g/mol. The third-order valence-electron chi connectivity index (χ3n) is 4.68. The van der Waals surface area contributed by atoms with Crippen molar-refractivity contribution in [3.63, 3.8) is 0 Å². The third-order valence-corrected chi connectivity index (χ3v) is 4.68. The molecule has 30 heavy (non-hydrogen) atoms. The molecule has 4 aromatic rings. The Kier molecular flexibility index (Phi) is 7.39. The number of fused-ring (bicyclic) bond motifs is 1. The SMILES string of the molecule is CN=C(NCCc1c[nH]c2ccc(F)cc12)NCc1ccnc(-n2ccnc2)c1.I. The van der Waals surface area contributed by atoms with Crippen molar-refractivity contribution in [2.75, 3.05) is 13.6 Å². The van der Waals surface area contributed by atoms with Gasteiger partial charge >= 0.3 is 0 Å². The molecular weight excluding hydrogens is 496 g/mol. The standard InChI is InChI=1S/C21H22FN7.HI/c1-23-21(26-7-5-16-13-27-19-3-2-17(22)11-18(16)19)28-12-15-4-6-25-20(10-15)29-9-8-24-14-29;/h2-4,6,8-11,13-14,27H,5,7,12H2,1H3,(H2,23,26,28);1H. The highest BCUT2D eigenvalue weighted by Gasteiger charge is 2.06. The van der Waals surface area contributed by atoms with Crippen molar-refractivity contribution in [1.29, 1.82) is 0 Å². The molecule has 0 saturated carbocycles. The minimum Gasteiger partial charge on any atom is -0.361 e. The lowest BCUT2D eigenvalue weighted by Gasteiger charge is -2.12. The van der Waals surface area contributed by atoms with Gasteiger partial charge in [0.15, 0.2) is 5.96 Å². The summed E-state index contributed by atoms with van der Waals surface area (Å²) in [6.07, 6.45) is 9.76. The molecule has 0 radical (unpaired) electrons. The summed E-state index contributed by atoms with van der Waals surface area (Å²) in [4.78, 5) is 15.9. The van der Waals surface area contributed by atoms with Crippen LogP contribution in [0.5, 0.6) is 0 Å². The highest BCUT2D eigenvalue weighted by Crippen LogP contribution is 2.19. The first-order valence-electron chi connectivity index (χ1n) is 9.36. The lowest BCUT2D eigenvalue weighted by Crippen LogP contribution is -2.37. The predicted molar refractivity (Wildman–Crippen MR) is 127 cm³/mol. The zero-order valence-corrected chi connectivity index (χ0v) is 18.8. The Hall–Kier alpha value is -2.95. The summed E-state index contributed by atoms with van der Waals surface area (Å²) in [5.41, 5.74) is 3.09. The number of rotatable bonds is 6. The Morgan fingerprint density at radius 1 is 1.20 bits per heavy atom. The first-order valence-corrected chi connectivity index (χ1v) is 9.36. The second-order valence-electron chi connectivity index (χ2n) is 6.60. The maximum absolute atomic E-state index is 13.5. The summed E-state index contributed by atoms with van der Waals surface area (Å²) >= 11 is 0. The Morgan fingerprint density at radius 2 is 2.10 bits per heavy atom. The molecule has 0 spiro atoms. The van der Waals surface area contributed by atoms with E-state index in [1.807, 2.05) is 29.1 Å². The van der Waals surface area contributed by atoms with Gasteiger partial charge in [0.25, 0.3) is 0 Å². The maximum Gasteiger partial charge on any atom is 0.191 e. The molecule has 9 heteroatoms. The second kappa shape index (κ2) is 10.2. The van der Waals surface area contributed by atoms with E-state index in [1.165, 1.54) is 6.07 Å². The van der Waals surface area contributed by atoms with Gasteiger partial charge in [0.2, 0.25) is 0 Å². The molecular formula is C21H23FIN7. The number of guanidine groups is 1. The van der Waals surface area contributed by atoms with Gasteiger partial charge < -0.3 is 15.6 Å². The van der Waals surface area contributed by atoms with Gasteiger partial charge in [-0.2, -0.15) is 0 Å². The van der Waals surface area contributed by atoms with Crippen molar-refractivity contribution in [2.24, 2.45) is 4.99 Å². The number of aromatic amines is 1. The van der Waals surface area contributed by atoms with E-state index in [2.05, 4.69) is 30.6 Å². The van der Waals surface area contributed by atoms with Crippen molar-refractivity contribution in [3.8, 4) is 5.82 Å². The number of aliphatic imine (C=N–C) groups is 1. The van der Waals surface area contributed by atoms with Crippen molar-refractivity contribution in [2.45, 2.75) is 13.0 Å². The largest absolute Gasteiger partial charge is 0.361 e. The summed E-state index contributed by atoms with van der Waals surface area (Å²) in [7, 11) is 1.74. The van der Waals surface area contributed by atoms with Crippen molar-refractivity contribution >= 4 is 40.8 Å². The molecule has 0 unspecified atom stereocenters. The summed E-state index contributed by atoms with van der Waals surface area (Å²) in [5.74, 6) is 1.30. The first-order chi connectivity index (χ1) is 14.2. The fourth-order valence-corrected chi connectivity index (χ4v) is 3.19. The van der Waals surface area contributed by atoms with Gasteiger partial charge in [-0.05, 0) is 47.9 Å². The molecule has 0 atom stereocenters. The van der Waals surface area contributed by atoms with E-state index >= 15 is 0 Å². The molecule has 0 aliphatic carbocycles. The second-order valence-corrected chi connectivity index (χ2v) is 6.60. The summed E-state index contributed by atoms with van der Waals surface area (Å²) in [6, 6.07) is 8.75. The van der Waals surface area contributed by atoms with Crippen LogP contribution in [0.2, 0.25) is 0 Å². The topological polar surface area (TPSA) is 82.9 Å². The van der Waals surface area contributed by atoms with Crippen LogP contribution in [-0.4, -0.2) is 39.1 Å². The van der Waals surface area contributed by atoms with Crippen LogP contribution in [0.15, 0.2) is 66.4 Å². The molecule has 0 amide bonds. The Morgan fingerprint density at radius 3 is 2.90 bits per heavy atom. The van der Waals surface area contributed by atoms with Crippen molar-refractivity contribution in [1.82, 2.24) is 30.2 Å². The van der Waals surface area contributed by atoms with Crippen LogP contribution in [0, 0.1) is 5.82 Å². The molecule has 3 heterocycles. The molecule has 3 aromatic heterocycles. The number of benzene rings is 1. The molecule has 0 aliphatic rings. The van der Waals surface area contributed by atoms with Gasteiger partial charge in [0.1, 0.15) is 18.0 Å². The summed E-state index contributed by atoms with van der Waals surface area (Å²) in [6.45, 7) is 1.29. The van der Waals surface area contributed by atoms with Crippen molar-refractivity contribution in [3.05, 3.63) is 78.4 Å². The fraction of sp³-hybridized carbons (Fsp3) is 0.190. The van der Waals surface area contributed by atoms with Crippen LogP contribution >= 0.6 is 24.0 Å². The highest BCUT2D eigenvalue weighted by molar-refractivity contribution is 14.0. The van der Waals surface area contributed by atoms with E-state index in [1.54, 1.807) is 37.9 Å². The molecule has 3 N–H and O–H groups in total. The molecule has 4 rings (SSSR count). The first kappa shape index (κ1) is 21.8. The predicted octanol–water partition coefficient (Wildman–Crippen LogP) is 3.41. The van der Waals surface area contributed by atoms with E-state index in [0.717, 1.165) is 34.3 Å².